The van der Waals surface area contributed by atoms with Crippen molar-refractivity contribution in [2.75, 3.05) is 29.3 Å². The molecule has 158 valence electrons. The Morgan fingerprint density at radius 2 is 1.90 bits per heavy atom. The molecule has 6 nitrogen and oxygen atoms in total. The predicted molar refractivity (Wildman–Crippen MR) is 110 cm³/mol. The number of alkyl halides is 2. The molecule has 0 amide bonds. The summed E-state index contributed by atoms with van der Waals surface area (Å²) in [5.74, 6) is -0.143. The van der Waals surface area contributed by atoms with Crippen LogP contribution in [0.2, 0.25) is 0 Å². The fourth-order valence-corrected chi connectivity index (χ4v) is 4.39. The number of benzene rings is 1. The zero-order valence-corrected chi connectivity index (χ0v) is 17.5. The first-order valence-electron chi connectivity index (χ1n) is 9.54. The van der Waals surface area contributed by atoms with E-state index in [2.05, 4.69) is 26.8 Å². The van der Waals surface area contributed by atoms with E-state index in [1.54, 1.807) is 19.1 Å². The third-order valence-corrected chi connectivity index (χ3v) is 6.48. The van der Waals surface area contributed by atoms with Crippen molar-refractivity contribution in [3.63, 3.8) is 0 Å². The number of hydrogen-bond acceptors (Lipinski definition) is 5. The Labute approximate surface area is 170 Å². The minimum Gasteiger partial charge on any atom is -0.354 e. The first kappa shape index (κ1) is 21.4. The average Bonchev–Trinajstić information content (AvgIpc) is 2.69. The second kappa shape index (κ2) is 8.62. The summed E-state index contributed by atoms with van der Waals surface area (Å²) in [6, 6.07) is 9.40. The normalized spacial score (nSPS) is 18.7. The molecule has 1 saturated heterocycles. The van der Waals surface area contributed by atoms with Crippen LogP contribution < -0.4 is 14.9 Å². The highest BCUT2D eigenvalue weighted by atomic mass is 32.2. The lowest BCUT2D eigenvalue weighted by atomic mass is 10.0. The molecule has 2 atom stereocenters. The highest BCUT2D eigenvalue weighted by Crippen LogP contribution is 2.26. The van der Waals surface area contributed by atoms with Crippen molar-refractivity contribution in [3.8, 4) is 0 Å². The second-order valence-corrected chi connectivity index (χ2v) is 9.08. The van der Waals surface area contributed by atoms with Gasteiger partial charge in [0.05, 0.1) is 16.3 Å². The summed E-state index contributed by atoms with van der Waals surface area (Å²) in [6.45, 7) is 7.81. The zero-order chi connectivity index (χ0) is 21.2. The van der Waals surface area contributed by atoms with E-state index in [-0.39, 0.29) is 4.90 Å². The standard InChI is InChI=1S/C20H26F2N4O2S/c1-13-12-26(11-10-23-13)19-9-8-18(15(3)24-19)25-29(27,28)17-6-4-16(5-7-17)14(2)20(21)22/h4-9,13-14,20,23,25H,10-12H2,1-3H3/t13-,14+/m0/s1. The van der Waals surface area contributed by atoms with Crippen LogP contribution in [0, 0.1) is 6.92 Å². The number of anilines is 2. The van der Waals surface area contributed by atoms with Crippen molar-refractivity contribution in [1.82, 2.24) is 10.3 Å². The minimum absolute atomic E-state index is 0.0159. The largest absolute Gasteiger partial charge is 0.354 e. The summed E-state index contributed by atoms with van der Waals surface area (Å²) < 4.78 is 53.6. The SMILES string of the molecule is Cc1nc(N2CCN[C@@H](C)C2)ccc1NS(=O)(=O)c1ccc([C@@H](C)C(F)F)cc1. The minimum atomic E-state index is -3.85. The van der Waals surface area contributed by atoms with Gasteiger partial charge in [-0.05, 0) is 43.7 Å². The van der Waals surface area contributed by atoms with Crippen LogP contribution in [0.4, 0.5) is 20.3 Å². The van der Waals surface area contributed by atoms with E-state index in [9.17, 15) is 17.2 Å². The molecule has 0 saturated carbocycles. The molecule has 1 aliphatic rings. The molecule has 1 aliphatic heterocycles. The van der Waals surface area contributed by atoms with E-state index in [1.165, 1.54) is 31.2 Å². The summed E-state index contributed by atoms with van der Waals surface area (Å²) in [4.78, 5) is 6.73. The quantitative estimate of drug-likeness (QED) is 0.744. The van der Waals surface area contributed by atoms with E-state index in [1.807, 2.05) is 0 Å². The molecule has 1 aromatic carbocycles. The van der Waals surface area contributed by atoms with Gasteiger partial charge in [0, 0.05) is 31.6 Å². The van der Waals surface area contributed by atoms with Gasteiger partial charge in [0.1, 0.15) is 5.82 Å². The molecule has 0 unspecified atom stereocenters. The molecule has 2 heterocycles. The Balaban J connectivity index is 1.76. The number of pyridine rings is 1. The Morgan fingerprint density at radius 1 is 1.21 bits per heavy atom. The maximum atomic E-state index is 12.8. The third kappa shape index (κ3) is 5.02. The molecule has 1 fully saturated rings. The van der Waals surface area contributed by atoms with Crippen molar-refractivity contribution >= 4 is 21.5 Å². The van der Waals surface area contributed by atoms with Gasteiger partial charge in [-0.25, -0.2) is 22.2 Å². The maximum Gasteiger partial charge on any atom is 0.261 e. The lowest BCUT2D eigenvalue weighted by Gasteiger charge is -2.33. The topological polar surface area (TPSA) is 74.3 Å². The number of sulfonamides is 1. The first-order valence-corrected chi connectivity index (χ1v) is 11.0. The Kier molecular flexibility index (Phi) is 6.38. The van der Waals surface area contributed by atoms with Crippen LogP contribution in [0.5, 0.6) is 0 Å². The maximum absolute atomic E-state index is 12.8. The highest BCUT2D eigenvalue weighted by molar-refractivity contribution is 7.92. The van der Waals surface area contributed by atoms with Crippen molar-refractivity contribution in [2.45, 2.75) is 44.1 Å². The van der Waals surface area contributed by atoms with Gasteiger partial charge in [-0.3, -0.25) is 4.72 Å². The van der Waals surface area contributed by atoms with Crippen LogP contribution >= 0.6 is 0 Å². The first-order chi connectivity index (χ1) is 13.7. The molecule has 1 aromatic heterocycles. The van der Waals surface area contributed by atoms with Crippen molar-refractivity contribution in [2.24, 2.45) is 0 Å². The number of halogens is 2. The second-order valence-electron chi connectivity index (χ2n) is 7.40. The number of nitrogens with zero attached hydrogens (tertiary/aromatic N) is 2. The summed E-state index contributed by atoms with van der Waals surface area (Å²) in [5.41, 5.74) is 1.36. The monoisotopic (exact) mass is 424 g/mol. The molecule has 2 N–H and O–H groups in total. The van der Waals surface area contributed by atoms with Gasteiger partial charge < -0.3 is 10.2 Å². The van der Waals surface area contributed by atoms with Gasteiger partial charge in [0.2, 0.25) is 6.43 Å². The summed E-state index contributed by atoms with van der Waals surface area (Å²) in [7, 11) is -3.85. The predicted octanol–water partition coefficient (Wildman–Crippen LogP) is 3.36. The van der Waals surface area contributed by atoms with E-state index >= 15 is 0 Å². The Bertz CT molecular complexity index is 951. The molecule has 0 radical (unpaired) electrons. The Morgan fingerprint density at radius 3 is 2.48 bits per heavy atom. The van der Waals surface area contributed by atoms with Crippen LogP contribution in [-0.4, -0.2) is 45.5 Å². The molecule has 0 aliphatic carbocycles. The number of aryl methyl sites for hydroxylation is 1. The number of hydrogen-bond donors (Lipinski definition) is 2. The smallest absolute Gasteiger partial charge is 0.261 e. The molecular weight excluding hydrogens is 398 g/mol. The van der Waals surface area contributed by atoms with Gasteiger partial charge >= 0.3 is 0 Å². The fraction of sp³-hybridized carbons (Fsp3) is 0.450. The zero-order valence-electron chi connectivity index (χ0n) is 16.7. The summed E-state index contributed by atoms with van der Waals surface area (Å²) in [6.07, 6.45) is -2.50. The molecule has 0 bridgehead atoms. The van der Waals surface area contributed by atoms with Gasteiger partial charge in [-0.1, -0.05) is 19.1 Å². The molecule has 3 rings (SSSR count). The van der Waals surface area contributed by atoms with Crippen LogP contribution in [0.15, 0.2) is 41.3 Å². The van der Waals surface area contributed by atoms with E-state index in [0.29, 0.717) is 23.0 Å². The molecular formula is C20H26F2N4O2S. The number of nitrogens with one attached hydrogen (secondary N) is 2. The van der Waals surface area contributed by atoms with Gasteiger partial charge in [0.15, 0.2) is 0 Å². The molecule has 2 aromatic rings. The lowest BCUT2D eigenvalue weighted by molar-refractivity contribution is 0.121. The summed E-state index contributed by atoms with van der Waals surface area (Å²) >= 11 is 0. The van der Waals surface area contributed by atoms with Crippen molar-refractivity contribution in [1.29, 1.82) is 0 Å². The van der Waals surface area contributed by atoms with Crippen molar-refractivity contribution in [3.05, 3.63) is 47.7 Å². The van der Waals surface area contributed by atoms with Gasteiger partial charge in [0.25, 0.3) is 10.0 Å². The van der Waals surface area contributed by atoms with Crippen LogP contribution in [0.3, 0.4) is 0 Å². The number of aromatic nitrogens is 1. The van der Waals surface area contributed by atoms with E-state index in [4.69, 9.17) is 0 Å². The third-order valence-electron chi connectivity index (χ3n) is 5.10. The lowest BCUT2D eigenvalue weighted by Crippen LogP contribution is -2.49. The van der Waals surface area contributed by atoms with E-state index < -0.39 is 22.4 Å². The van der Waals surface area contributed by atoms with Crippen LogP contribution in [-0.2, 0) is 10.0 Å². The van der Waals surface area contributed by atoms with Gasteiger partial charge in [-0.15, -0.1) is 0 Å². The van der Waals surface area contributed by atoms with Crippen LogP contribution in [0.1, 0.15) is 31.0 Å². The number of piperazine rings is 1. The van der Waals surface area contributed by atoms with Gasteiger partial charge in [-0.2, -0.15) is 0 Å². The molecule has 9 heteroatoms. The summed E-state index contributed by atoms with van der Waals surface area (Å²) in [5, 5.41) is 3.37. The fourth-order valence-electron chi connectivity index (χ4n) is 3.27. The average molecular weight is 425 g/mol. The molecule has 29 heavy (non-hydrogen) atoms. The number of rotatable bonds is 6. The van der Waals surface area contributed by atoms with Crippen LogP contribution in [0.25, 0.3) is 0 Å². The molecule has 0 spiro atoms. The van der Waals surface area contributed by atoms with Crippen molar-refractivity contribution < 1.29 is 17.2 Å². The van der Waals surface area contributed by atoms with E-state index in [0.717, 1.165) is 25.5 Å². The highest BCUT2D eigenvalue weighted by Gasteiger charge is 2.21. The Hall–Kier alpha value is -2.26.